The van der Waals surface area contributed by atoms with Crippen molar-refractivity contribution in [1.82, 2.24) is 10.2 Å². The van der Waals surface area contributed by atoms with Crippen molar-refractivity contribution in [1.29, 1.82) is 0 Å². The average molecular weight is 185 g/mol. The zero-order chi connectivity index (χ0) is 10.1. The topological polar surface area (TPSA) is 27.6 Å². The van der Waals surface area contributed by atoms with Gasteiger partial charge in [-0.1, -0.05) is 13.3 Å². The van der Waals surface area contributed by atoms with Gasteiger partial charge in [0.1, 0.15) is 0 Å². The first-order chi connectivity index (χ1) is 6.16. The molecule has 0 saturated carbocycles. The molecule has 0 saturated heterocycles. The maximum absolute atomic E-state index is 4.40. The number of likely N-dealkylation sites (N-methyl/N-ethyl adjacent to an activating group) is 1. The molecule has 0 aromatic rings. The fourth-order valence-corrected chi connectivity index (χ4v) is 0.920. The molecular weight excluding hydrogens is 162 g/mol. The van der Waals surface area contributed by atoms with Crippen molar-refractivity contribution in [3.8, 4) is 0 Å². The first kappa shape index (κ1) is 12.4. The standard InChI is InChI=1S/C10H23N3/c1-5-6-7-11-10(2)12-8-9-13(3)4/h5-9H2,1-4H3,(H,11,12). The molecule has 0 atom stereocenters. The van der Waals surface area contributed by atoms with Crippen LogP contribution in [0.1, 0.15) is 26.7 Å². The maximum Gasteiger partial charge on any atom is 0.0932 e. The van der Waals surface area contributed by atoms with Gasteiger partial charge in [-0.2, -0.15) is 0 Å². The van der Waals surface area contributed by atoms with Crippen molar-refractivity contribution in [2.75, 3.05) is 33.7 Å². The number of hydrogen-bond acceptors (Lipinski definition) is 2. The molecule has 0 aromatic heterocycles. The Morgan fingerprint density at radius 1 is 1.38 bits per heavy atom. The van der Waals surface area contributed by atoms with Crippen molar-refractivity contribution in [3.63, 3.8) is 0 Å². The molecule has 0 heterocycles. The molecule has 0 aromatic carbocycles. The molecular formula is C10H23N3. The predicted octanol–water partition coefficient (Wildman–Crippen LogP) is 1.36. The Hall–Kier alpha value is -0.570. The summed E-state index contributed by atoms with van der Waals surface area (Å²) in [5.74, 6) is 1.07. The first-order valence-electron chi connectivity index (χ1n) is 5.06. The average Bonchev–Trinajstić information content (AvgIpc) is 2.04. The van der Waals surface area contributed by atoms with Crippen LogP contribution >= 0.6 is 0 Å². The summed E-state index contributed by atoms with van der Waals surface area (Å²) in [5, 5.41) is 3.29. The van der Waals surface area contributed by atoms with Gasteiger partial charge in [0, 0.05) is 13.1 Å². The van der Waals surface area contributed by atoms with Crippen LogP contribution in [0.2, 0.25) is 0 Å². The van der Waals surface area contributed by atoms with E-state index >= 15 is 0 Å². The first-order valence-corrected chi connectivity index (χ1v) is 5.06. The van der Waals surface area contributed by atoms with Crippen LogP contribution in [-0.2, 0) is 0 Å². The molecule has 0 spiro atoms. The number of unbranched alkanes of at least 4 members (excludes halogenated alkanes) is 1. The van der Waals surface area contributed by atoms with Crippen molar-refractivity contribution in [2.24, 2.45) is 4.99 Å². The van der Waals surface area contributed by atoms with Crippen LogP contribution in [0.3, 0.4) is 0 Å². The lowest BCUT2D eigenvalue weighted by molar-refractivity contribution is 0.420. The molecule has 3 heteroatoms. The van der Waals surface area contributed by atoms with E-state index in [0.717, 1.165) is 25.5 Å². The fourth-order valence-electron chi connectivity index (χ4n) is 0.920. The van der Waals surface area contributed by atoms with Gasteiger partial charge in [-0.15, -0.1) is 0 Å². The molecule has 1 N–H and O–H groups in total. The van der Waals surface area contributed by atoms with Crippen LogP contribution in [0.15, 0.2) is 4.99 Å². The van der Waals surface area contributed by atoms with Gasteiger partial charge in [0.05, 0.1) is 12.4 Å². The smallest absolute Gasteiger partial charge is 0.0932 e. The molecule has 0 bridgehead atoms. The van der Waals surface area contributed by atoms with Gasteiger partial charge in [0.15, 0.2) is 0 Å². The van der Waals surface area contributed by atoms with Crippen LogP contribution in [0, 0.1) is 0 Å². The minimum atomic E-state index is 0.887. The van der Waals surface area contributed by atoms with Crippen LogP contribution in [0.5, 0.6) is 0 Å². The second kappa shape index (κ2) is 8.05. The third-order valence-corrected chi connectivity index (χ3v) is 1.81. The number of nitrogens with zero attached hydrogens (tertiary/aromatic N) is 2. The Balaban J connectivity index is 3.39. The van der Waals surface area contributed by atoms with Crippen molar-refractivity contribution in [2.45, 2.75) is 26.7 Å². The summed E-state index contributed by atoms with van der Waals surface area (Å²) in [6, 6.07) is 0. The zero-order valence-electron chi connectivity index (χ0n) is 9.43. The van der Waals surface area contributed by atoms with E-state index in [0.29, 0.717) is 0 Å². The molecule has 13 heavy (non-hydrogen) atoms. The molecule has 0 aliphatic heterocycles. The molecule has 0 aliphatic rings. The number of rotatable bonds is 6. The van der Waals surface area contributed by atoms with Gasteiger partial charge in [-0.3, -0.25) is 4.99 Å². The van der Waals surface area contributed by atoms with E-state index in [1.54, 1.807) is 0 Å². The predicted molar refractivity (Wildman–Crippen MR) is 59.4 cm³/mol. The highest BCUT2D eigenvalue weighted by molar-refractivity contribution is 5.79. The summed E-state index contributed by atoms with van der Waals surface area (Å²) in [4.78, 5) is 6.54. The molecule has 0 radical (unpaired) electrons. The number of hydrogen-bond donors (Lipinski definition) is 1. The largest absolute Gasteiger partial charge is 0.374 e. The molecule has 0 rings (SSSR count). The summed E-state index contributed by atoms with van der Waals surface area (Å²) in [7, 11) is 4.13. The van der Waals surface area contributed by atoms with Crippen LogP contribution in [0.25, 0.3) is 0 Å². The molecule has 0 unspecified atom stereocenters. The summed E-state index contributed by atoms with van der Waals surface area (Å²) < 4.78 is 0. The summed E-state index contributed by atoms with van der Waals surface area (Å²) in [6.07, 6.45) is 2.46. The van der Waals surface area contributed by atoms with Gasteiger partial charge in [0.25, 0.3) is 0 Å². The Bertz CT molecular complexity index is 141. The third-order valence-electron chi connectivity index (χ3n) is 1.81. The minimum absolute atomic E-state index is 0.887. The lowest BCUT2D eigenvalue weighted by atomic mass is 10.3. The van der Waals surface area contributed by atoms with E-state index < -0.39 is 0 Å². The minimum Gasteiger partial charge on any atom is -0.374 e. The van der Waals surface area contributed by atoms with E-state index in [1.165, 1.54) is 12.8 Å². The zero-order valence-corrected chi connectivity index (χ0v) is 9.43. The lowest BCUT2D eigenvalue weighted by Crippen LogP contribution is -2.23. The monoisotopic (exact) mass is 185 g/mol. The highest BCUT2D eigenvalue weighted by Gasteiger charge is 1.90. The second-order valence-electron chi connectivity index (χ2n) is 3.55. The van der Waals surface area contributed by atoms with Crippen molar-refractivity contribution < 1.29 is 0 Å². The SMILES string of the molecule is CCCCN/C(C)=N/CCN(C)C. The third kappa shape index (κ3) is 9.34. The Morgan fingerprint density at radius 3 is 2.62 bits per heavy atom. The summed E-state index contributed by atoms with van der Waals surface area (Å²) in [5.41, 5.74) is 0. The van der Waals surface area contributed by atoms with Crippen molar-refractivity contribution >= 4 is 5.84 Å². The van der Waals surface area contributed by atoms with E-state index in [-0.39, 0.29) is 0 Å². The van der Waals surface area contributed by atoms with Gasteiger partial charge in [-0.25, -0.2) is 0 Å². The molecule has 0 aliphatic carbocycles. The molecule has 0 fully saturated rings. The van der Waals surface area contributed by atoms with Crippen molar-refractivity contribution in [3.05, 3.63) is 0 Å². The second-order valence-corrected chi connectivity index (χ2v) is 3.55. The Morgan fingerprint density at radius 2 is 2.08 bits per heavy atom. The number of nitrogens with one attached hydrogen (secondary N) is 1. The van der Waals surface area contributed by atoms with Gasteiger partial charge in [0.2, 0.25) is 0 Å². The summed E-state index contributed by atoms with van der Waals surface area (Å²) >= 11 is 0. The fraction of sp³-hybridized carbons (Fsp3) is 0.900. The maximum atomic E-state index is 4.40. The van der Waals surface area contributed by atoms with Crippen LogP contribution in [0.4, 0.5) is 0 Å². The van der Waals surface area contributed by atoms with Gasteiger partial charge >= 0.3 is 0 Å². The van der Waals surface area contributed by atoms with E-state index in [1.807, 2.05) is 6.92 Å². The van der Waals surface area contributed by atoms with Crippen LogP contribution in [-0.4, -0.2) is 44.5 Å². The summed E-state index contributed by atoms with van der Waals surface area (Å²) in [6.45, 7) is 7.18. The Labute approximate surface area is 82.2 Å². The lowest BCUT2D eigenvalue weighted by Gasteiger charge is -2.08. The van der Waals surface area contributed by atoms with E-state index in [9.17, 15) is 0 Å². The van der Waals surface area contributed by atoms with E-state index in [4.69, 9.17) is 0 Å². The molecule has 3 nitrogen and oxygen atoms in total. The quantitative estimate of drug-likeness (QED) is 0.384. The van der Waals surface area contributed by atoms with Crippen LogP contribution < -0.4 is 5.32 Å². The van der Waals surface area contributed by atoms with Gasteiger partial charge in [-0.05, 0) is 27.4 Å². The normalized spacial score (nSPS) is 12.2. The molecule has 78 valence electrons. The van der Waals surface area contributed by atoms with Gasteiger partial charge < -0.3 is 10.2 Å². The Kier molecular flexibility index (Phi) is 7.69. The molecule has 0 amide bonds. The highest BCUT2D eigenvalue weighted by Crippen LogP contribution is 1.83. The van der Waals surface area contributed by atoms with E-state index in [2.05, 4.69) is 36.2 Å². The highest BCUT2D eigenvalue weighted by atomic mass is 15.1. The number of amidine groups is 1. The number of aliphatic imine (C=N–C) groups is 1.